The predicted octanol–water partition coefficient (Wildman–Crippen LogP) is 7.61. The van der Waals surface area contributed by atoms with E-state index in [4.69, 9.17) is 9.47 Å². The van der Waals surface area contributed by atoms with Crippen LogP contribution in [-0.4, -0.2) is 34.6 Å². The molecule has 3 N–H and O–H groups in total. The van der Waals surface area contributed by atoms with Gasteiger partial charge in [0.15, 0.2) is 11.5 Å². The minimum absolute atomic E-state index is 0.0756. The molecule has 3 atom stereocenters. The first-order valence-corrected chi connectivity index (χ1v) is 14.1. The second-order valence-corrected chi connectivity index (χ2v) is 12.0. The fraction of sp³-hybridized carbons (Fsp3) is 0.471. The summed E-state index contributed by atoms with van der Waals surface area (Å²) in [4.78, 5) is 0. The van der Waals surface area contributed by atoms with Crippen molar-refractivity contribution in [2.75, 3.05) is 7.11 Å². The Labute approximate surface area is 233 Å². The van der Waals surface area contributed by atoms with Crippen molar-refractivity contribution >= 4 is 12.2 Å². The molecule has 0 radical (unpaired) electrons. The highest BCUT2D eigenvalue weighted by Crippen LogP contribution is 2.50. The zero-order valence-corrected chi connectivity index (χ0v) is 24.3. The zero-order chi connectivity index (χ0) is 28.3. The van der Waals surface area contributed by atoms with Crippen LogP contribution in [0.3, 0.4) is 0 Å². The third-order valence-electron chi connectivity index (χ3n) is 8.51. The minimum atomic E-state index is -0.334. The fourth-order valence-corrected chi connectivity index (χ4v) is 5.89. The number of hydrogen-bond donors (Lipinski definition) is 3. The highest BCUT2D eigenvalue weighted by atomic mass is 16.5. The summed E-state index contributed by atoms with van der Waals surface area (Å²) < 4.78 is 12.1. The summed E-state index contributed by atoms with van der Waals surface area (Å²) in [5, 5.41) is 32.0. The number of allylic oxidation sites excluding steroid dienone is 4. The molecular formula is C34H44O5. The van der Waals surface area contributed by atoms with E-state index in [0.29, 0.717) is 23.3 Å². The maximum atomic E-state index is 10.7. The van der Waals surface area contributed by atoms with Gasteiger partial charge in [0.05, 0.1) is 13.2 Å². The molecule has 1 heterocycles. The first kappa shape index (κ1) is 28.8. The van der Waals surface area contributed by atoms with Gasteiger partial charge >= 0.3 is 0 Å². The van der Waals surface area contributed by atoms with Gasteiger partial charge in [0.1, 0.15) is 17.6 Å². The lowest BCUT2D eigenvalue weighted by Gasteiger charge is -2.49. The Kier molecular flexibility index (Phi) is 8.80. The minimum Gasteiger partial charge on any atom is -0.507 e. The molecule has 1 aliphatic carbocycles. The number of aromatic hydroxyl groups is 2. The topological polar surface area (TPSA) is 79.2 Å². The molecular weight excluding hydrogens is 488 g/mol. The third-order valence-corrected chi connectivity index (χ3v) is 8.51. The maximum Gasteiger partial charge on any atom is 0.164 e. The number of aliphatic hydroxyl groups is 1. The van der Waals surface area contributed by atoms with Crippen LogP contribution in [0, 0.1) is 11.3 Å². The third kappa shape index (κ3) is 6.52. The molecule has 1 fully saturated rings. The van der Waals surface area contributed by atoms with Crippen LogP contribution in [0.4, 0.5) is 0 Å². The molecule has 39 heavy (non-hydrogen) atoms. The Morgan fingerprint density at radius 3 is 2.31 bits per heavy atom. The summed E-state index contributed by atoms with van der Waals surface area (Å²) in [6.45, 7) is 10.5. The van der Waals surface area contributed by atoms with Gasteiger partial charge in [-0.2, -0.15) is 0 Å². The van der Waals surface area contributed by atoms with Crippen LogP contribution in [0.2, 0.25) is 0 Å². The summed E-state index contributed by atoms with van der Waals surface area (Å²) >= 11 is 0. The molecule has 4 rings (SSSR count). The van der Waals surface area contributed by atoms with E-state index in [1.807, 2.05) is 18.2 Å². The van der Waals surface area contributed by atoms with Crippen molar-refractivity contribution < 1.29 is 24.8 Å². The molecule has 0 amide bonds. The van der Waals surface area contributed by atoms with Crippen LogP contribution in [0.25, 0.3) is 12.2 Å². The van der Waals surface area contributed by atoms with Crippen LogP contribution < -0.4 is 9.47 Å². The van der Waals surface area contributed by atoms with Crippen LogP contribution in [-0.2, 0) is 12.8 Å². The average Bonchev–Trinajstić information content (AvgIpc) is 2.88. The molecule has 2 aliphatic rings. The predicted molar refractivity (Wildman–Crippen MR) is 158 cm³/mol. The number of ether oxygens (including phenoxy) is 2. The molecule has 1 saturated carbocycles. The second-order valence-electron chi connectivity index (χ2n) is 12.0. The van der Waals surface area contributed by atoms with Crippen molar-refractivity contribution in [3.05, 3.63) is 69.8 Å². The zero-order valence-electron chi connectivity index (χ0n) is 24.3. The lowest BCUT2D eigenvalue weighted by molar-refractivity contribution is -0.0895. The van der Waals surface area contributed by atoms with Crippen LogP contribution in [0.15, 0.2) is 47.6 Å². The van der Waals surface area contributed by atoms with E-state index in [1.54, 1.807) is 19.2 Å². The van der Waals surface area contributed by atoms with Crippen molar-refractivity contribution in [1.29, 1.82) is 0 Å². The summed E-state index contributed by atoms with van der Waals surface area (Å²) in [5.74, 6) is 1.89. The van der Waals surface area contributed by atoms with Crippen molar-refractivity contribution in [2.45, 2.75) is 85.4 Å². The number of phenols is 2. The number of methoxy groups -OCH3 is 1. The van der Waals surface area contributed by atoms with Gasteiger partial charge in [-0.25, -0.2) is 0 Å². The molecule has 210 valence electrons. The van der Waals surface area contributed by atoms with Crippen molar-refractivity contribution in [3.8, 4) is 23.0 Å². The largest absolute Gasteiger partial charge is 0.507 e. The summed E-state index contributed by atoms with van der Waals surface area (Å²) in [7, 11) is 1.65. The number of hydrogen-bond acceptors (Lipinski definition) is 5. The summed E-state index contributed by atoms with van der Waals surface area (Å²) in [5.41, 5.74) is 5.58. The highest BCUT2D eigenvalue weighted by molar-refractivity contribution is 5.73. The van der Waals surface area contributed by atoms with Crippen LogP contribution >= 0.6 is 0 Å². The van der Waals surface area contributed by atoms with Crippen LogP contribution in [0.1, 0.15) is 82.6 Å². The molecule has 0 spiro atoms. The lowest BCUT2D eigenvalue weighted by Crippen LogP contribution is -2.51. The number of fused-ring (bicyclic) bond motifs is 2. The molecule has 0 unspecified atom stereocenters. The van der Waals surface area contributed by atoms with Gasteiger partial charge in [0.2, 0.25) is 0 Å². The Balaban J connectivity index is 1.52. The average molecular weight is 533 g/mol. The molecule has 5 nitrogen and oxygen atoms in total. The molecule has 0 bridgehead atoms. The Hall–Kier alpha value is -3.18. The number of benzene rings is 2. The van der Waals surface area contributed by atoms with Gasteiger partial charge in [-0.05, 0) is 106 Å². The highest BCUT2D eigenvalue weighted by Gasteiger charge is 2.48. The number of aliphatic hydroxyl groups excluding tert-OH is 1. The van der Waals surface area contributed by atoms with E-state index >= 15 is 0 Å². The molecule has 2 aromatic carbocycles. The summed E-state index contributed by atoms with van der Waals surface area (Å²) in [6, 6.07) is 7.44. The molecule has 0 aromatic heterocycles. The molecule has 2 aromatic rings. The normalized spacial score (nSPS) is 22.1. The second kappa shape index (κ2) is 11.9. The van der Waals surface area contributed by atoms with Crippen molar-refractivity contribution in [2.24, 2.45) is 11.3 Å². The van der Waals surface area contributed by atoms with Crippen LogP contribution in [0.5, 0.6) is 23.0 Å². The van der Waals surface area contributed by atoms with Gasteiger partial charge in [-0.15, -0.1) is 0 Å². The maximum absolute atomic E-state index is 10.7. The van der Waals surface area contributed by atoms with E-state index < -0.39 is 0 Å². The Morgan fingerprint density at radius 1 is 1.00 bits per heavy atom. The van der Waals surface area contributed by atoms with Gasteiger partial charge in [0, 0.05) is 11.5 Å². The van der Waals surface area contributed by atoms with Gasteiger partial charge < -0.3 is 24.8 Å². The number of rotatable bonds is 8. The summed E-state index contributed by atoms with van der Waals surface area (Å²) in [6.07, 6.45) is 12.7. The fourth-order valence-electron chi connectivity index (χ4n) is 5.89. The van der Waals surface area contributed by atoms with Gasteiger partial charge in [-0.3, -0.25) is 0 Å². The van der Waals surface area contributed by atoms with Gasteiger partial charge in [-0.1, -0.05) is 49.3 Å². The smallest absolute Gasteiger partial charge is 0.164 e. The SMILES string of the molecule is COc1cc(/C=C/c2cc(O)c(C/C=C(\C)CCC=C(C)C)c(O)c2)cc2c1O[C@@H]1CC[C@@H](O)C(C)(C)[C@H]1C2. The van der Waals surface area contributed by atoms with Gasteiger partial charge in [0.25, 0.3) is 0 Å². The molecule has 1 aliphatic heterocycles. The van der Waals surface area contributed by atoms with E-state index in [0.717, 1.165) is 49.0 Å². The first-order chi connectivity index (χ1) is 18.5. The Morgan fingerprint density at radius 2 is 1.67 bits per heavy atom. The van der Waals surface area contributed by atoms with E-state index in [-0.39, 0.29) is 35.0 Å². The molecule has 0 saturated heterocycles. The van der Waals surface area contributed by atoms with Crippen molar-refractivity contribution in [3.63, 3.8) is 0 Å². The van der Waals surface area contributed by atoms with E-state index in [2.05, 4.69) is 52.8 Å². The first-order valence-electron chi connectivity index (χ1n) is 14.1. The van der Waals surface area contributed by atoms with E-state index in [1.165, 1.54) is 11.1 Å². The monoisotopic (exact) mass is 532 g/mol. The lowest BCUT2D eigenvalue weighted by atomic mass is 9.63. The van der Waals surface area contributed by atoms with E-state index in [9.17, 15) is 15.3 Å². The van der Waals surface area contributed by atoms with Crippen molar-refractivity contribution in [1.82, 2.24) is 0 Å². The Bertz CT molecular complexity index is 1260. The standard InChI is InChI=1S/C34H44O5/c1-21(2)8-7-9-22(3)10-13-26-28(35)17-24(18-29(26)36)12-11-23-16-25-20-27-30(14-15-32(37)34(27,4)5)39-33(25)31(19-23)38-6/h8,10-12,16-19,27,30,32,35-37H,7,9,13-15,20H2,1-6H3/b12-11+,22-10+/t27-,30+,32+/m0/s1. The molecule has 5 heteroatoms. The number of phenolic OH excluding ortho intramolecular Hbond substituents is 2. The quantitative estimate of drug-likeness (QED) is 0.241.